The van der Waals surface area contributed by atoms with Gasteiger partial charge in [0.05, 0.1) is 0 Å². The molecule has 0 aliphatic heterocycles. The molecule has 4 N–H and O–H groups in total. The van der Waals surface area contributed by atoms with E-state index < -0.39 is 18.2 Å². The van der Waals surface area contributed by atoms with Crippen molar-refractivity contribution in [3.05, 3.63) is 89.5 Å². The molecule has 0 saturated carbocycles. The highest BCUT2D eigenvalue weighted by molar-refractivity contribution is 5.85. The molecule has 0 radical (unpaired) electrons. The number of hydrogen-bond acceptors (Lipinski definition) is 5. The van der Waals surface area contributed by atoms with Crippen LogP contribution in [0.2, 0.25) is 0 Å². The summed E-state index contributed by atoms with van der Waals surface area (Å²) in [4.78, 5) is 35.5. The van der Waals surface area contributed by atoms with Crippen LogP contribution in [0.5, 0.6) is 5.75 Å². The van der Waals surface area contributed by atoms with Gasteiger partial charge in [-0.1, -0.05) is 60.7 Å². The van der Waals surface area contributed by atoms with Gasteiger partial charge in [-0.2, -0.15) is 0 Å². The minimum absolute atomic E-state index is 0.0520. The Morgan fingerprint density at radius 1 is 0.912 bits per heavy atom. The van der Waals surface area contributed by atoms with Crippen LogP contribution in [0.15, 0.2) is 72.8 Å². The second kappa shape index (κ2) is 10.1. The lowest BCUT2D eigenvalue weighted by molar-refractivity contribution is -0.122. The summed E-state index contributed by atoms with van der Waals surface area (Å²) < 4.78 is 10.3. The maximum Gasteiger partial charge on any atom is 0.409 e. The number of fused-ring (bicyclic) bond motifs is 3. The van der Waals surface area contributed by atoms with Crippen molar-refractivity contribution < 1.29 is 23.9 Å². The zero-order chi connectivity index (χ0) is 24.1. The van der Waals surface area contributed by atoms with Crippen molar-refractivity contribution in [1.29, 1.82) is 0 Å². The largest absolute Gasteiger partial charge is 0.449 e. The number of carbonyl (C=O) groups is 3. The highest BCUT2D eigenvalue weighted by Gasteiger charge is 2.29. The van der Waals surface area contributed by atoms with Gasteiger partial charge in [0.25, 0.3) is 0 Å². The quantitative estimate of drug-likeness (QED) is 0.498. The fourth-order valence-corrected chi connectivity index (χ4v) is 4.02. The average Bonchev–Trinajstić information content (AvgIpc) is 3.15. The Morgan fingerprint density at radius 2 is 1.50 bits per heavy atom. The third-order valence-electron chi connectivity index (χ3n) is 5.68. The minimum atomic E-state index is -0.894. The van der Waals surface area contributed by atoms with E-state index >= 15 is 0 Å². The predicted octanol–water partition coefficient (Wildman–Crippen LogP) is 3.69. The van der Waals surface area contributed by atoms with Gasteiger partial charge < -0.3 is 25.8 Å². The third kappa shape index (κ3) is 5.17. The molecule has 1 aliphatic rings. The van der Waals surface area contributed by atoms with E-state index in [1.165, 1.54) is 0 Å². The molecule has 8 heteroatoms. The summed E-state index contributed by atoms with van der Waals surface area (Å²) in [7, 11) is 0. The number of benzene rings is 3. The van der Waals surface area contributed by atoms with E-state index in [0.29, 0.717) is 5.75 Å². The van der Waals surface area contributed by atoms with Gasteiger partial charge in [0.2, 0.25) is 5.91 Å². The predicted molar refractivity (Wildman–Crippen MR) is 126 cm³/mol. The van der Waals surface area contributed by atoms with Gasteiger partial charge in [0.15, 0.2) is 0 Å². The summed E-state index contributed by atoms with van der Waals surface area (Å²) in [6.07, 6.45) is -1.55. The summed E-state index contributed by atoms with van der Waals surface area (Å²) in [6, 6.07) is 21.9. The normalized spacial score (nSPS) is 12.7. The van der Waals surface area contributed by atoms with Gasteiger partial charge in [0, 0.05) is 12.5 Å². The lowest BCUT2D eigenvalue weighted by atomic mass is 9.98. The van der Waals surface area contributed by atoms with Crippen molar-refractivity contribution in [2.75, 3.05) is 6.61 Å². The zero-order valence-corrected chi connectivity index (χ0v) is 18.6. The van der Waals surface area contributed by atoms with E-state index in [1.807, 2.05) is 36.4 Å². The molecule has 174 valence electrons. The molecule has 0 unspecified atom stereocenters. The van der Waals surface area contributed by atoms with Gasteiger partial charge in [-0.05, 0) is 46.9 Å². The summed E-state index contributed by atoms with van der Waals surface area (Å²) in [5, 5.41) is 5.32. The first-order valence-electron chi connectivity index (χ1n) is 10.9. The van der Waals surface area contributed by atoms with E-state index in [0.717, 1.165) is 27.8 Å². The highest BCUT2D eigenvalue weighted by atomic mass is 16.6. The van der Waals surface area contributed by atoms with Crippen LogP contribution >= 0.6 is 0 Å². The molecule has 34 heavy (non-hydrogen) atoms. The number of nitrogens with one attached hydrogen (secondary N) is 2. The van der Waals surface area contributed by atoms with E-state index in [2.05, 4.69) is 22.8 Å². The number of hydrogen-bond donors (Lipinski definition) is 3. The maximum atomic E-state index is 12.4. The Bertz CT molecular complexity index is 1160. The number of amides is 3. The van der Waals surface area contributed by atoms with Gasteiger partial charge in [-0.15, -0.1) is 0 Å². The number of primary amides is 1. The van der Waals surface area contributed by atoms with Crippen molar-refractivity contribution in [3.8, 4) is 16.9 Å². The van der Waals surface area contributed by atoms with Crippen molar-refractivity contribution >= 4 is 18.1 Å². The Labute approximate surface area is 197 Å². The van der Waals surface area contributed by atoms with Crippen molar-refractivity contribution in [2.24, 2.45) is 5.73 Å². The van der Waals surface area contributed by atoms with Crippen LogP contribution in [0.25, 0.3) is 11.1 Å². The van der Waals surface area contributed by atoms with Gasteiger partial charge in [0.1, 0.15) is 18.4 Å². The summed E-state index contributed by atoms with van der Waals surface area (Å²) in [5.41, 5.74) is 10.3. The van der Waals surface area contributed by atoms with Crippen LogP contribution in [-0.2, 0) is 16.1 Å². The van der Waals surface area contributed by atoms with Crippen molar-refractivity contribution in [2.45, 2.75) is 25.4 Å². The standard InChI is InChI=1S/C26H25N3O5/c1-16(24(30)28-14-17-10-12-18(13-11-17)34-25(27)31)29-26(32)33-15-23-21-8-4-2-6-19(21)20-7-3-5-9-22(20)23/h2-13,16,23H,14-15H2,1H3,(H2,27,31)(H,28,30)(H,29,32)/t16-/m0/s1. The Hall–Kier alpha value is -4.33. The molecule has 4 rings (SSSR count). The molecule has 1 aliphatic carbocycles. The van der Waals surface area contributed by atoms with Crippen LogP contribution in [0.4, 0.5) is 9.59 Å². The Morgan fingerprint density at radius 3 is 2.09 bits per heavy atom. The lowest BCUT2D eigenvalue weighted by Gasteiger charge is -2.17. The lowest BCUT2D eigenvalue weighted by Crippen LogP contribution is -2.45. The number of ether oxygens (including phenoxy) is 2. The van der Waals surface area contributed by atoms with Crippen LogP contribution < -0.4 is 21.1 Å². The first kappa shape index (κ1) is 22.8. The number of carbonyl (C=O) groups excluding carboxylic acids is 3. The summed E-state index contributed by atoms with van der Waals surface area (Å²) in [5.74, 6) is -0.0948. The second-order valence-electron chi connectivity index (χ2n) is 7.97. The van der Waals surface area contributed by atoms with Gasteiger partial charge >= 0.3 is 12.2 Å². The molecule has 3 aromatic rings. The van der Waals surface area contributed by atoms with Crippen LogP contribution in [0.1, 0.15) is 29.5 Å². The number of rotatable bonds is 7. The Kier molecular flexibility index (Phi) is 6.77. The van der Waals surface area contributed by atoms with Gasteiger partial charge in [-0.25, -0.2) is 9.59 Å². The molecule has 1 atom stereocenters. The topological polar surface area (TPSA) is 120 Å². The molecule has 0 heterocycles. The average molecular weight is 460 g/mol. The zero-order valence-electron chi connectivity index (χ0n) is 18.6. The van der Waals surface area contributed by atoms with Crippen LogP contribution in [0.3, 0.4) is 0 Å². The fraction of sp³-hybridized carbons (Fsp3) is 0.192. The molecule has 0 spiro atoms. The number of nitrogens with two attached hydrogens (primary N) is 1. The molecule has 0 fully saturated rings. The first-order chi connectivity index (χ1) is 16.4. The second-order valence-corrected chi connectivity index (χ2v) is 7.97. The van der Waals surface area contributed by atoms with E-state index in [9.17, 15) is 14.4 Å². The van der Waals surface area contributed by atoms with Crippen molar-refractivity contribution in [3.63, 3.8) is 0 Å². The molecule has 0 bridgehead atoms. The molecule has 0 aromatic heterocycles. The molecule has 3 aromatic carbocycles. The van der Waals surface area contributed by atoms with Crippen LogP contribution in [0, 0.1) is 0 Å². The molecular weight excluding hydrogens is 434 g/mol. The smallest absolute Gasteiger partial charge is 0.409 e. The minimum Gasteiger partial charge on any atom is -0.449 e. The van der Waals surface area contributed by atoms with Crippen molar-refractivity contribution in [1.82, 2.24) is 10.6 Å². The van der Waals surface area contributed by atoms with E-state index in [4.69, 9.17) is 15.2 Å². The maximum absolute atomic E-state index is 12.4. The monoisotopic (exact) mass is 459 g/mol. The third-order valence-corrected chi connectivity index (χ3v) is 5.68. The molecule has 3 amide bonds. The van der Waals surface area contributed by atoms with Gasteiger partial charge in [-0.3, -0.25) is 4.79 Å². The fourth-order valence-electron chi connectivity index (χ4n) is 4.02. The molecule has 0 saturated heterocycles. The Balaban J connectivity index is 1.27. The highest BCUT2D eigenvalue weighted by Crippen LogP contribution is 2.44. The van der Waals surface area contributed by atoms with E-state index in [-0.39, 0.29) is 25.0 Å². The van der Waals surface area contributed by atoms with Crippen LogP contribution in [-0.4, -0.2) is 30.7 Å². The molecule has 8 nitrogen and oxygen atoms in total. The number of alkyl carbamates (subject to hydrolysis) is 1. The SMILES string of the molecule is C[C@H](NC(=O)OCC1c2ccccc2-c2ccccc21)C(=O)NCc1ccc(OC(N)=O)cc1. The summed E-state index contributed by atoms with van der Waals surface area (Å²) >= 11 is 0. The first-order valence-corrected chi connectivity index (χ1v) is 10.9. The summed E-state index contributed by atoms with van der Waals surface area (Å²) in [6.45, 7) is 2.00. The van der Waals surface area contributed by atoms with E-state index in [1.54, 1.807) is 31.2 Å². The molecular formula is C26H25N3O5.